The van der Waals surface area contributed by atoms with Gasteiger partial charge in [-0.1, -0.05) is 0 Å². The molecule has 0 amide bonds. The van der Waals surface area contributed by atoms with Crippen molar-refractivity contribution in [2.45, 2.75) is 25.4 Å². The van der Waals surface area contributed by atoms with E-state index in [1.807, 2.05) is 12.1 Å². The molecule has 0 aliphatic heterocycles. The predicted molar refractivity (Wildman–Crippen MR) is 81.5 cm³/mol. The Labute approximate surface area is 124 Å². The first-order valence-corrected chi connectivity index (χ1v) is 7.48. The molecule has 1 fully saturated rings. The van der Waals surface area contributed by atoms with Gasteiger partial charge in [-0.05, 0) is 56.3 Å². The summed E-state index contributed by atoms with van der Waals surface area (Å²) in [5.74, 6) is 1.46. The van der Waals surface area contributed by atoms with E-state index in [0.717, 1.165) is 42.8 Å². The molecule has 1 aliphatic rings. The third-order valence-electron chi connectivity index (χ3n) is 3.90. The van der Waals surface area contributed by atoms with E-state index >= 15 is 0 Å². The van der Waals surface area contributed by atoms with Crippen molar-refractivity contribution in [1.29, 1.82) is 0 Å². The predicted octanol–water partition coefficient (Wildman–Crippen LogP) is 3.27. The largest absolute Gasteiger partial charge is 0.460 e. The van der Waals surface area contributed by atoms with Crippen molar-refractivity contribution in [3.8, 4) is 11.3 Å². The van der Waals surface area contributed by atoms with Crippen LogP contribution in [-0.4, -0.2) is 31.1 Å². The average molecular weight is 288 g/mol. The van der Waals surface area contributed by atoms with Crippen LogP contribution < -0.4 is 5.32 Å². The molecule has 1 aromatic carbocycles. The molecule has 0 unspecified atom stereocenters. The molecule has 0 spiro atoms. The van der Waals surface area contributed by atoms with Gasteiger partial charge in [0.05, 0.1) is 6.54 Å². The van der Waals surface area contributed by atoms with E-state index in [0.29, 0.717) is 0 Å². The number of halogens is 1. The lowest BCUT2D eigenvalue weighted by Crippen LogP contribution is -2.30. The highest BCUT2D eigenvalue weighted by atomic mass is 19.1. The van der Waals surface area contributed by atoms with Crippen LogP contribution in [0.1, 0.15) is 18.6 Å². The van der Waals surface area contributed by atoms with Gasteiger partial charge in [0, 0.05) is 24.7 Å². The van der Waals surface area contributed by atoms with Crippen molar-refractivity contribution in [3.05, 3.63) is 48.0 Å². The molecule has 3 nitrogen and oxygen atoms in total. The fraction of sp³-hybridized carbons (Fsp3) is 0.412. The molecule has 1 aromatic heterocycles. The third-order valence-corrected chi connectivity index (χ3v) is 3.90. The summed E-state index contributed by atoms with van der Waals surface area (Å²) in [4.78, 5) is 2.40. The minimum Gasteiger partial charge on any atom is -0.460 e. The van der Waals surface area contributed by atoms with Crippen molar-refractivity contribution in [2.75, 3.05) is 20.1 Å². The number of furan rings is 1. The zero-order valence-corrected chi connectivity index (χ0v) is 12.3. The Morgan fingerprint density at radius 2 is 1.95 bits per heavy atom. The number of rotatable bonds is 7. The molecule has 0 atom stereocenters. The smallest absolute Gasteiger partial charge is 0.134 e. The first-order valence-electron chi connectivity index (χ1n) is 7.48. The number of hydrogen-bond donors (Lipinski definition) is 1. The maximum Gasteiger partial charge on any atom is 0.134 e. The maximum absolute atomic E-state index is 12.9. The standard InChI is InChI=1S/C17H21FN2O/c1-20(15-6-7-15)11-10-19-12-16-8-9-17(21-16)13-2-4-14(18)5-3-13/h2-5,8-9,15,19H,6-7,10-12H2,1H3. The van der Waals surface area contributed by atoms with Gasteiger partial charge < -0.3 is 14.6 Å². The number of benzene rings is 1. The van der Waals surface area contributed by atoms with E-state index < -0.39 is 0 Å². The quantitative estimate of drug-likeness (QED) is 0.793. The van der Waals surface area contributed by atoms with E-state index in [4.69, 9.17) is 4.42 Å². The number of hydrogen-bond acceptors (Lipinski definition) is 3. The van der Waals surface area contributed by atoms with E-state index in [9.17, 15) is 4.39 Å². The summed E-state index contributed by atoms with van der Waals surface area (Å²) < 4.78 is 18.7. The summed E-state index contributed by atoms with van der Waals surface area (Å²) in [7, 11) is 2.18. The molecule has 0 saturated heterocycles. The van der Waals surface area contributed by atoms with Crippen LogP contribution in [0.15, 0.2) is 40.8 Å². The lowest BCUT2D eigenvalue weighted by molar-refractivity contribution is 0.319. The molecule has 1 aliphatic carbocycles. The summed E-state index contributed by atoms with van der Waals surface area (Å²) >= 11 is 0. The van der Waals surface area contributed by atoms with Gasteiger partial charge in [0.15, 0.2) is 0 Å². The van der Waals surface area contributed by atoms with Gasteiger partial charge in [-0.2, -0.15) is 0 Å². The normalized spacial score (nSPS) is 14.8. The summed E-state index contributed by atoms with van der Waals surface area (Å²) in [5.41, 5.74) is 0.899. The Morgan fingerprint density at radius 1 is 1.19 bits per heavy atom. The van der Waals surface area contributed by atoms with Crippen LogP contribution in [0.25, 0.3) is 11.3 Å². The van der Waals surface area contributed by atoms with Crippen molar-refractivity contribution in [1.82, 2.24) is 10.2 Å². The Morgan fingerprint density at radius 3 is 2.67 bits per heavy atom. The van der Waals surface area contributed by atoms with E-state index in [2.05, 4.69) is 17.3 Å². The SMILES string of the molecule is CN(CCNCc1ccc(-c2ccc(F)cc2)o1)C1CC1. The molecule has 21 heavy (non-hydrogen) atoms. The number of likely N-dealkylation sites (N-methyl/N-ethyl adjacent to an activating group) is 1. The molecule has 0 bridgehead atoms. The van der Waals surface area contributed by atoms with Crippen molar-refractivity contribution < 1.29 is 8.81 Å². The minimum absolute atomic E-state index is 0.230. The molecule has 3 rings (SSSR count). The topological polar surface area (TPSA) is 28.4 Å². The maximum atomic E-state index is 12.9. The minimum atomic E-state index is -0.230. The van der Waals surface area contributed by atoms with Crippen molar-refractivity contribution in [2.24, 2.45) is 0 Å². The Hall–Kier alpha value is -1.65. The number of nitrogens with zero attached hydrogens (tertiary/aromatic N) is 1. The molecular weight excluding hydrogens is 267 g/mol. The second-order valence-electron chi connectivity index (χ2n) is 5.66. The molecule has 1 heterocycles. The van der Waals surface area contributed by atoms with E-state index in [1.54, 1.807) is 12.1 Å². The van der Waals surface area contributed by atoms with Crippen molar-refractivity contribution in [3.63, 3.8) is 0 Å². The van der Waals surface area contributed by atoms with Crippen LogP contribution in [0.4, 0.5) is 4.39 Å². The molecule has 1 saturated carbocycles. The van der Waals surface area contributed by atoms with Crippen LogP contribution in [-0.2, 0) is 6.54 Å². The Kier molecular flexibility index (Phi) is 4.36. The number of nitrogens with one attached hydrogen (secondary N) is 1. The fourth-order valence-corrected chi connectivity index (χ4v) is 2.41. The first kappa shape index (κ1) is 14.3. The molecule has 2 aromatic rings. The van der Waals surface area contributed by atoms with Crippen LogP contribution in [0.3, 0.4) is 0 Å². The lowest BCUT2D eigenvalue weighted by Gasteiger charge is -2.15. The van der Waals surface area contributed by atoms with Gasteiger partial charge in [-0.15, -0.1) is 0 Å². The van der Waals surface area contributed by atoms with Gasteiger partial charge >= 0.3 is 0 Å². The molecule has 0 radical (unpaired) electrons. The van der Waals surface area contributed by atoms with E-state index in [-0.39, 0.29) is 5.82 Å². The van der Waals surface area contributed by atoms with Crippen LogP contribution in [0.5, 0.6) is 0 Å². The Balaban J connectivity index is 1.47. The average Bonchev–Trinajstić information content (AvgIpc) is 3.24. The fourth-order valence-electron chi connectivity index (χ4n) is 2.41. The molecule has 4 heteroatoms. The van der Waals surface area contributed by atoms with Crippen LogP contribution in [0, 0.1) is 5.82 Å². The molecule has 112 valence electrons. The highest BCUT2D eigenvalue weighted by Crippen LogP contribution is 2.24. The van der Waals surface area contributed by atoms with Gasteiger partial charge in [0.1, 0.15) is 17.3 Å². The lowest BCUT2D eigenvalue weighted by atomic mass is 10.2. The second-order valence-corrected chi connectivity index (χ2v) is 5.66. The van der Waals surface area contributed by atoms with E-state index in [1.165, 1.54) is 25.0 Å². The van der Waals surface area contributed by atoms with Gasteiger partial charge in [0.25, 0.3) is 0 Å². The summed E-state index contributed by atoms with van der Waals surface area (Å²) in [6.45, 7) is 2.75. The zero-order valence-electron chi connectivity index (χ0n) is 12.3. The van der Waals surface area contributed by atoms with Crippen LogP contribution in [0.2, 0.25) is 0 Å². The highest BCUT2D eigenvalue weighted by molar-refractivity contribution is 5.57. The monoisotopic (exact) mass is 288 g/mol. The molecular formula is C17H21FN2O. The highest BCUT2D eigenvalue weighted by Gasteiger charge is 2.25. The van der Waals surface area contributed by atoms with Gasteiger partial charge in [0.2, 0.25) is 0 Å². The second kappa shape index (κ2) is 6.41. The van der Waals surface area contributed by atoms with Crippen LogP contribution >= 0.6 is 0 Å². The van der Waals surface area contributed by atoms with Gasteiger partial charge in [-0.3, -0.25) is 0 Å². The molecule has 1 N–H and O–H groups in total. The van der Waals surface area contributed by atoms with Crippen molar-refractivity contribution >= 4 is 0 Å². The summed E-state index contributed by atoms with van der Waals surface area (Å²) in [6.07, 6.45) is 2.69. The van der Waals surface area contributed by atoms with Gasteiger partial charge in [-0.25, -0.2) is 4.39 Å². The summed E-state index contributed by atoms with van der Waals surface area (Å²) in [5, 5.41) is 3.39. The first-order chi connectivity index (χ1) is 10.2. The third kappa shape index (κ3) is 3.93. The zero-order chi connectivity index (χ0) is 14.7. The summed E-state index contributed by atoms with van der Waals surface area (Å²) in [6, 6.07) is 11.1. The Bertz CT molecular complexity index is 575.